The van der Waals surface area contributed by atoms with Crippen molar-refractivity contribution >= 4 is 16.4 Å². The van der Waals surface area contributed by atoms with Crippen molar-refractivity contribution in [3.8, 4) is 5.75 Å². The molecule has 0 aromatic heterocycles. The van der Waals surface area contributed by atoms with E-state index in [1.165, 1.54) is 24.3 Å². The van der Waals surface area contributed by atoms with E-state index < -0.39 is 22.4 Å². The first kappa shape index (κ1) is 21.7. The first-order valence-electron chi connectivity index (χ1n) is 4.48. The van der Waals surface area contributed by atoms with E-state index in [0.717, 1.165) is 0 Å². The van der Waals surface area contributed by atoms with Gasteiger partial charge in [0.2, 0.25) is 0 Å². The van der Waals surface area contributed by atoms with Crippen molar-refractivity contribution in [2.75, 3.05) is 0 Å². The van der Waals surface area contributed by atoms with Crippen LogP contribution in [0.2, 0.25) is 0 Å². The predicted molar refractivity (Wildman–Crippen MR) is 53.5 cm³/mol. The van der Waals surface area contributed by atoms with Crippen molar-refractivity contribution in [1.82, 2.24) is 0 Å². The van der Waals surface area contributed by atoms with E-state index in [9.17, 15) is 22.9 Å². The van der Waals surface area contributed by atoms with Gasteiger partial charge in [-0.1, -0.05) is 12.1 Å². The van der Waals surface area contributed by atoms with Crippen LogP contribution in [0.1, 0.15) is 5.56 Å². The van der Waals surface area contributed by atoms with Crippen LogP contribution in [-0.2, 0) is 21.6 Å². The molecule has 0 aliphatic carbocycles. The number of aliphatic carboxylic acids is 1. The van der Waals surface area contributed by atoms with Gasteiger partial charge in [0.25, 0.3) is 10.4 Å². The third kappa shape index (κ3) is 9.01. The molecule has 1 atom stereocenters. The van der Waals surface area contributed by atoms with E-state index in [-0.39, 0.29) is 71.3 Å². The molecule has 0 bridgehead atoms. The second-order valence-corrected chi connectivity index (χ2v) is 4.25. The first-order chi connectivity index (χ1) is 7.78. The Kier molecular flexibility index (Phi) is 10.6. The van der Waals surface area contributed by atoms with Crippen LogP contribution in [0.3, 0.4) is 0 Å². The first-order valence-corrected chi connectivity index (χ1v) is 5.82. The number of benzene rings is 1. The zero-order valence-electron chi connectivity index (χ0n) is 10.5. The smallest absolute Gasteiger partial charge is 0.716 e. The molecule has 0 aliphatic rings. The van der Waals surface area contributed by atoms with Crippen molar-refractivity contribution in [1.29, 1.82) is 0 Å². The zero-order chi connectivity index (χ0) is 13.1. The molecule has 0 heterocycles. The van der Waals surface area contributed by atoms with Crippen LogP contribution < -0.4 is 74.1 Å². The van der Waals surface area contributed by atoms with Crippen molar-refractivity contribution in [2.24, 2.45) is 5.73 Å². The molecule has 0 amide bonds. The summed E-state index contributed by atoms with van der Waals surface area (Å²) < 4.78 is 34.9. The summed E-state index contributed by atoms with van der Waals surface area (Å²) in [4.78, 5) is 10.4. The summed E-state index contributed by atoms with van der Waals surface area (Å²) in [6, 6.07) is 4.12. The predicted octanol–water partition coefficient (Wildman–Crippen LogP) is -7.85. The Balaban J connectivity index is 0. The molecule has 1 unspecified atom stereocenters. The van der Waals surface area contributed by atoms with Crippen molar-refractivity contribution in [2.45, 2.75) is 12.5 Å². The maximum absolute atomic E-state index is 10.4. The average Bonchev–Trinajstić information content (AvgIpc) is 2.18. The third-order valence-corrected chi connectivity index (χ3v) is 2.28. The summed E-state index contributed by atoms with van der Waals surface area (Å²) in [6.07, 6.45) is 0.0345. The molecular formula is C9H9NNa2O6S. The Morgan fingerprint density at radius 2 is 1.74 bits per heavy atom. The molecule has 0 aliphatic heterocycles. The van der Waals surface area contributed by atoms with Crippen LogP contribution in [0, 0.1) is 0 Å². The summed E-state index contributed by atoms with van der Waals surface area (Å²) in [6.45, 7) is 0. The van der Waals surface area contributed by atoms with E-state index >= 15 is 0 Å². The van der Waals surface area contributed by atoms with Crippen molar-refractivity contribution in [3.63, 3.8) is 0 Å². The van der Waals surface area contributed by atoms with Gasteiger partial charge in [-0.05, 0) is 24.1 Å². The molecule has 94 valence electrons. The van der Waals surface area contributed by atoms with Crippen molar-refractivity contribution in [3.05, 3.63) is 29.8 Å². The minimum Gasteiger partial charge on any atom is -0.716 e. The molecule has 19 heavy (non-hydrogen) atoms. The van der Waals surface area contributed by atoms with E-state index in [1.807, 2.05) is 0 Å². The fourth-order valence-electron chi connectivity index (χ4n) is 1.14. The fourth-order valence-corrected chi connectivity index (χ4v) is 1.48. The molecule has 1 rings (SSSR count). The zero-order valence-corrected chi connectivity index (χ0v) is 15.3. The molecular weight excluding hydrogens is 296 g/mol. The van der Waals surface area contributed by atoms with Gasteiger partial charge in [-0.25, -0.2) is 8.42 Å². The minimum atomic E-state index is -4.81. The van der Waals surface area contributed by atoms with Gasteiger partial charge in [-0.2, -0.15) is 0 Å². The summed E-state index contributed by atoms with van der Waals surface area (Å²) >= 11 is 0. The maximum atomic E-state index is 10.4. The van der Waals surface area contributed by atoms with Crippen LogP contribution in [0.4, 0.5) is 0 Å². The van der Waals surface area contributed by atoms with Gasteiger partial charge in [0.1, 0.15) is 5.75 Å². The number of nitrogens with two attached hydrogens (primary N) is 1. The van der Waals surface area contributed by atoms with Crippen LogP contribution in [0.5, 0.6) is 5.75 Å². The molecule has 2 N–H and O–H groups in total. The Labute approximate surface area is 155 Å². The van der Waals surface area contributed by atoms with Gasteiger partial charge >= 0.3 is 59.1 Å². The van der Waals surface area contributed by atoms with E-state index in [4.69, 9.17) is 5.73 Å². The van der Waals surface area contributed by atoms with E-state index in [0.29, 0.717) is 5.56 Å². The number of carboxylic acid groups (broad SMARTS) is 1. The van der Waals surface area contributed by atoms with Gasteiger partial charge in [-0.15, -0.1) is 0 Å². The number of hydrogen-bond acceptors (Lipinski definition) is 7. The van der Waals surface area contributed by atoms with Gasteiger partial charge in [0.05, 0.1) is 5.97 Å². The van der Waals surface area contributed by atoms with Gasteiger partial charge in [0, 0.05) is 6.04 Å². The third-order valence-electron chi connectivity index (χ3n) is 1.88. The second kappa shape index (κ2) is 9.32. The van der Waals surface area contributed by atoms with Gasteiger partial charge in [-0.3, -0.25) is 0 Å². The van der Waals surface area contributed by atoms with Crippen LogP contribution in [0.15, 0.2) is 24.3 Å². The second-order valence-electron chi connectivity index (χ2n) is 3.27. The average molecular weight is 305 g/mol. The molecule has 0 radical (unpaired) electrons. The molecule has 10 heteroatoms. The van der Waals surface area contributed by atoms with Crippen molar-refractivity contribution < 1.29 is 86.2 Å². The minimum absolute atomic E-state index is 0. The normalized spacial score (nSPS) is 11.7. The van der Waals surface area contributed by atoms with Crippen LogP contribution in [-0.4, -0.2) is 25.0 Å². The summed E-state index contributed by atoms with van der Waals surface area (Å²) in [5.74, 6) is -1.53. The van der Waals surface area contributed by atoms with Gasteiger partial charge < -0.3 is 24.4 Å². The number of carbonyl (C=O) groups is 1. The summed E-state index contributed by atoms with van der Waals surface area (Å²) in [5.41, 5.74) is 5.80. The largest absolute Gasteiger partial charge is 1.00 e. The molecule has 7 nitrogen and oxygen atoms in total. The standard InChI is InChI=1S/C9H11NO6S.2Na/c10-8(9(11)12)5-6-1-3-7(4-2-6)16-17(13,14)15;;/h1-4,8H,5,10H2,(H,11,12)(H,13,14,15);;/q;2*+1/p-2. The van der Waals surface area contributed by atoms with Crippen LogP contribution in [0.25, 0.3) is 0 Å². The van der Waals surface area contributed by atoms with Crippen LogP contribution >= 0.6 is 0 Å². The number of carboxylic acids is 1. The molecule has 0 saturated carbocycles. The molecule has 0 fully saturated rings. The molecule has 1 aromatic carbocycles. The molecule has 1 aromatic rings. The Morgan fingerprint density at radius 1 is 1.26 bits per heavy atom. The van der Waals surface area contributed by atoms with Gasteiger partial charge in [0.15, 0.2) is 0 Å². The van der Waals surface area contributed by atoms with E-state index in [2.05, 4.69) is 4.18 Å². The van der Waals surface area contributed by atoms with E-state index in [1.54, 1.807) is 0 Å². The Hall–Kier alpha value is 0.360. The number of hydrogen-bond donors (Lipinski definition) is 1. The fraction of sp³-hybridized carbons (Fsp3) is 0.222. The SMILES string of the molecule is NC(Cc1ccc(OS(=O)(=O)[O-])cc1)C(=O)[O-].[Na+].[Na+]. The quantitative estimate of drug-likeness (QED) is 0.324. The summed E-state index contributed by atoms with van der Waals surface area (Å²) in [7, 11) is -4.81. The maximum Gasteiger partial charge on any atom is 1.00 e. The monoisotopic (exact) mass is 305 g/mol. The summed E-state index contributed by atoms with van der Waals surface area (Å²) in [5, 5.41) is 10.4. The Bertz CT molecular complexity index is 504. The number of carbonyl (C=O) groups excluding carboxylic acids is 1. The molecule has 0 saturated heterocycles. The topological polar surface area (TPSA) is 133 Å². The Morgan fingerprint density at radius 3 is 2.11 bits per heavy atom. The number of rotatable bonds is 5. The molecule has 0 spiro atoms.